The van der Waals surface area contributed by atoms with Crippen molar-refractivity contribution in [3.8, 4) is 44.5 Å². The Labute approximate surface area is 294 Å². The van der Waals surface area contributed by atoms with E-state index in [0.717, 1.165) is 11.4 Å². The molecule has 1 heteroatoms. The molecule has 8 aromatic carbocycles. The predicted molar refractivity (Wildman–Crippen MR) is 210 cm³/mol. The number of benzene rings is 8. The van der Waals surface area contributed by atoms with Crippen molar-refractivity contribution in [3.05, 3.63) is 229 Å². The number of anilines is 2. The van der Waals surface area contributed by atoms with E-state index in [-0.39, 0.29) is 0 Å². The molecular weight excluding hydrogens is 603 g/mol. The highest BCUT2D eigenvalue weighted by molar-refractivity contribution is 5.94. The fourth-order valence-electron chi connectivity index (χ4n) is 7.95. The van der Waals surface area contributed by atoms with Crippen LogP contribution in [0, 0.1) is 0 Å². The van der Waals surface area contributed by atoms with Crippen LogP contribution in [0.1, 0.15) is 22.3 Å². The number of para-hydroxylation sites is 1. The highest BCUT2D eigenvalue weighted by Crippen LogP contribution is 2.56. The maximum absolute atomic E-state index is 3.87. The molecule has 0 amide bonds. The molecule has 1 aliphatic carbocycles. The third kappa shape index (κ3) is 4.95. The van der Waals surface area contributed by atoms with Gasteiger partial charge in [0, 0.05) is 16.8 Å². The molecule has 1 aliphatic rings. The SMILES string of the molecule is c1ccc(-c2cccc(-c3ccccc3)c2Nc2cccc(-c3ccc4c(c3)-c3ccccc3C4(c3ccccc3)c3ccccc3)c2)cc1. The maximum Gasteiger partial charge on any atom is 0.0713 e. The molecule has 1 N–H and O–H groups in total. The van der Waals surface area contributed by atoms with Gasteiger partial charge < -0.3 is 5.32 Å². The van der Waals surface area contributed by atoms with Gasteiger partial charge in [0.2, 0.25) is 0 Å². The van der Waals surface area contributed by atoms with Crippen molar-refractivity contribution in [2.45, 2.75) is 5.41 Å². The number of rotatable bonds is 7. The van der Waals surface area contributed by atoms with Crippen molar-refractivity contribution in [1.29, 1.82) is 0 Å². The van der Waals surface area contributed by atoms with Crippen LogP contribution in [-0.4, -0.2) is 0 Å². The lowest BCUT2D eigenvalue weighted by Gasteiger charge is -2.33. The Morgan fingerprint density at radius 1 is 0.300 bits per heavy atom. The highest BCUT2D eigenvalue weighted by atomic mass is 14.9. The van der Waals surface area contributed by atoms with Crippen LogP contribution >= 0.6 is 0 Å². The van der Waals surface area contributed by atoms with E-state index in [2.05, 4.69) is 212 Å². The standard InChI is InChI=1S/C49H35N/c1-5-17-35(18-6-1)42-28-16-29-43(36-19-7-2-8-20-36)48(42)50-41-26-15-21-37(33-41)38-31-32-47-45(34-38)44-27-13-14-30-46(44)49(47,39-22-9-3-10-23-39)40-24-11-4-12-25-40/h1-34,50H. The zero-order chi connectivity index (χ0) is 33.3. The van der Waals surface area contributed by atoms with Gasteiger partial charge in [0.25, 0.3) is 0 Å². The van der Waals surface area contributed by atoms with Gasteiger partial charge in [-0.15, -0.1) is 0 Å². The summed E-state index contributed by atoms with van der Waals surface area (Å²) < 4.78 is 0. The van der Waals surface area contributed by atoms with Crippen LogP contribution in [0.5, 0.6) is 0 Å². The molecule has 0 bridgehead atoms. The Morgan fingerprint density at radius 2 is 0.760 bits per heavy atom. The van der Waals surface area contributed by atoms with Crippen LogP contribution in [0.3, 0.4) is 0 Å². The predicted octanol–water partition coefficient (Wildman–Crippen LogP) is 12.8. The Bertz CT molecular complexity index is 2330. The van der Waals surface area contributed by atoms with E-state index >= 15 is 0 Å². The van der Waals surface area contributed by atoms with Crippen LogP contribution in [-0.2, 0) is 5.41 Å². The Balaban J connectivity index is 1.17. The van der Waals surface area contributed by atoms with E-state index in [4.69, 9.17) is 0 Å². The van der Waals surface area contributed by atoms with Gasteiger partial charge in [-0.1, -0.05) is 188 Å². The smallest absolute Gasteiger partial charge is 0.0713 e. The van der Waals surface area contributed by atoms with E-state index < -0.39 is 5.41 Å². The second-order valence-electron chi connectivity index (χ2n) is 13.0. The highest BCUT2D eigenvalue weighted by Gasteiger charge is 2.45. The molecule has 236 valence electrons. The summed E-state index contributed by atoms with van der Waals surface area (Å²) in [5.41, 5.74) is 16.6. The molecule has 0 unspecified atom stereocenters. The van der Waals surface area contributed by atoms with Crippen LogP contribution in [0.4, 0.5) is 11.4 Å². The molecule has 1 nitrogen and oxygen atoms in total. The lowest BCUT2D eigenvalue weighted by atomic mass is 9.67. The molecule has 50 heavy (non-hydrogen) atoms. The summed E-state index contributed by atoms with van der Waals surface area (Å²) in [5, 5.41) is 3.87. The number of hydrogen-bond acceptors (Lipinski definition) is 1. The van der Waals surface area contributed by atoms with Crippen molar-refractivity contribution >= 4 is 11.4 Å². The molecular formula is C49H35N. The van der Waals surface area contributed by atoms with Crippen molar-refractivity contribution < 1.29 is 0 Å². The summed E-state index contributed by atoms with van der Waals surface area (Å²) >= 11 is 0. The molecule has 0 aliphatic heterocycles. The van der Waals surface area contributed by atoms with Crippen molar-refractivity contribution in [3.63, 3.8) is 0 Å². The first kappa shape index (κ1) is 29.7. The quantitative estimate of drug-likeness (QED) is 0.183. The second kappa shape index (κ2) is 12.5. The van der Waals surface area contributed by atoms with Crippen LogP contribution in [0.25, 0.3) is 44.5 Å². The third-order valence-corrected chi connectivity index (χ3v) is 10.2. The average Bonchev–Trinajstić information content (AvgIpc) is 3.50. The van der Waals surface area contributed by atoms with E-state index in [9.17, 15) is 0 Å². The molecule has 8 aromatic rings. The monoisotopic (exact) mass is 637 g/mol. The van der Waals surface area contributed by atoms with Crippen molar-refractivity contribution in [1.82, 2.24) is 0 Å². The van der Waals surface area contributed by atoms with Gasteiger partial charge in [-0.2, -0.15) is 0 Å². The van der Waals surface area contributed by atoms with E-state index in [1.165, 1.54) is 66.8 Å². The lowest BCUT2D eigenvalue weighted by Crippen LogP contribution is -2.28. The molecule has 0 saturated carbocycles. The first-order valence-corrected chi connectivity index (χ1v) is 17.3. The van der Waals surface area contributed by atoms with E-state index in [1.54, 1.807) is 0 Å². The van der Waals surface area contributed by atoms with Crippen LogP contribution in [0.15, 0.2) is 206 Å². The van der Waals surface area contributed by atoms with Gasteiger partial charge in [-0.05, 0) is 73.8 Å². The van der Waals surface area contributed by atoms with E-state index in [1.807, 2.05) is 0 Å². The second-order valence-corrected chi connectivity index (χ2v) is 13.0. The molecule has 0 aromatic heterocycles. The fourth-order valence-corrected chi connectivity index (χ4v) is 7.95. The molecule has 0 fully saturated rings. The first-order valence-electron chi connectivity index (χ1n) is 17.3. The van der Waals surface area contributed by atoms with Crippen molar-refractivity contribution in [2.75, 3.05) is 5.32 Å². The number of nitrogens with one attached hydrogen (secondary N) is 1. The maximum atomic E-state index is 3.87. The van der Waals surface area contributed by atoms with Gasteiger partial charge in [-0.3, -0.25) is 0 Å². The summed E-state index contributed by atoms with van der Waals surface area (Å²) in [7, 11) is 0. The first-order chi connectivity index (χ1) is 24.8. The van der Waals surface area contributed by atoms with Gasteiger partial charge in [0.15, 0.2) is 0 Å². The summed E-state index contributed by atoms with van der Waals surface area (Å²) in [5.74, 6) is 0. The number of hydrogen-bond donors (Lipinski definition) is 1. The molecule has 0 spiro atoms. The Hall–Kier alpha value is -6.44. The van der Waals surface area contributed by atoms with E-state index in [0.29, 0.717) is 0 Å². The lowest BCUT2D eigenvalue weighted by molar-refractivity contribution is 0.768. The van der Waals surface area contributed by atoms with Crippen LogP contribution < -0.4 is 5.32 Å². The molecule has 0 heterocycles. The summed E-state index contributed by atoms with van der Waals surface area (Å²) in [4.78, 5) is 0. The van der Waals surface area contributed by atoms with Gasteiger partial charge >= 0.3 is 0 Å². The zero-order valence-electron chi connectivity index (χ0n) is 27.6. The van der Waals surface area contributed by atoms with Gasteiger partial charge in [0.1, 0.15) is 0 Å². The number of fused-ring (bicyclic) bond motifs is 3. The fraction of sp³-hybridized carbons (Fsp3) is 0.0204. The Morgan fingerprint density at radius 3 is 1.38 bits per heavy atom. The largest absolute Gasteiger partial charge is 0.354 e. The zero-order valence-corrected chi connectivity index (χ0v) is 27.6. The molecule has 9 rings (SSSR count). The van der Waals surface area contributed by atoms with Gasteiger partial charge in [-0.25, -0.2) is 0 Å². The minimum absolute atomic E-state index is 0.397. The third-order valence-electron chi connectivity index (χ3n) is 10.2. The summed E-state index contributed by atoms with van der Waals surface area (Å²) in [6.45, 7) is 0. The minimum atomic E-state index is -0.397. The minimum Gasteiger partial charge on any atom is -0.354 e. The average molecular weight is 638 g/mol. The topological polar surface area (TPSA) is 12.0 Å². The van der Waals surface area contributed by atoms with Gasteiger partial charge in [0.05, 0.1) is 11.1 Å². The normalized spacial score (nSPS) is 12.6. The Kier molecular flexibility index (Phi) is 7.44. The summed E-state index contributed by atoms with van der Waals surface area (Å²) in [6, 6.07) is 74.6. The molecule has 0 saturated heterocycles. The molecule has 0 radical (unpaired) electrons. The van der Waals surface area contributed by atoms with Crippen molar-refractivity contribution in [2.24, 2.45) is 0 Å². The summed E-state index contributed by atoms with van der Waals surface area (Å²) in [6.07, 6.45) is 0. The molecule has 0 atom stereocenters. The van der Waals surface area contributed by atoms with Crippen LogP contribution in [0.2, 0.25) is 0 Å².